The lowest BCUT2D eigenvalue weighted by atomic mass is 10.3. The number of aliphatic carboxylic acids is 2. The number of carboxylic acid groups (broad SMARTS) is 2. The van der Waals surface area contributed by atoms with E-state index >= 15 is 0 Å². The van der Waals surface area contributed by atoms with Crippen molar-refractivity contribution in [3.05, 3.63) is 24.3 Å². The first kappa shape index (κ1) is 11.9. The van der Waals surface area contributed by atoms with Crippen molar-refractivity contribution in [3.63, 3.8) is 0 Å². The van der Waals surface area contributed by atoms with Crippen molar-refractivity contribution in [1.29, 1.82) is 0 Å². The number of anilines is 1. The molecular formula is C11H11N3O4. The first-order chi connectivity index (χ1) is 8.58. The number of carboxylic acids is 2. The van der Waals surface area contributed by atoms with Crippen LogP contribution in [0, 0.1) is 0 Å². The Morgan fingerprint density at radius 1 is 1.22 bits per heavy atom. The van der Waals surface area contributed by atoms with E-state index in [9.17, 15) is 9.59 Å². The number of nitrogens with one attached hydrogen (secondary N) is 1. The molecule has 2 rings (SSSR count). The molecule has 0 aliphatic heterocycles. The molecule has 94 valence electrons. The van der Waals surface area contributed by atoms with Crippen molar-refractivity contribution in [2.75, 3.05) is 11.9 Å². The van der Waals surface area contributed by atoms with Gasteiger partial charge >= 0.3 is 11.9 Å². The molecule has 3 N–H and O–H groups in total. The zero-order chi connectivity index (χ0) is 13.1. The Kier molecular flexibility index (Phi) is 3.13. The molecule has 7 heteroatoms. The van der Waals surface area contributed by atoms with Crippen LogP contribution >= 0.6 is 0 Å². The molecule has 0 unspecified atom stereocenters. The average Bonchev–Trinajstić information content (AvgIpc) is 2.64. The van der Waals surface area contributed by atoms with Gasteiger partial charge in [0, 0.05) is 0 Å². The SMILES string of the molecule is O=C(O)CNc1nc2ccccc2n1CC(=O)O. The van der Waals surface area contributed by atoms with Crippen molar-refractivity contribution in [3.8, 4) is 0 Å². The molecule has 7 nitrogen and oxygen atoms in total. The molecule has 0 aliphatic carbocycles. The molecule has 18 heavy (non-hydrogen) atoms. The summed E-state index contributed by atoms with van der Waals surface area (Å²) in [6.45, 7) is -0.592. The van der Waals surface area contributed by atoms with Gasteiger partial charge in [0.05, 0.1) is 11.0 Å². The standard InChI is InChI=1S/C11H11N3O4/c15-9(16)5-12-11-13-7-3-1-2-4-8(7)14(11)6-10(17)18/h1-4H,5-6H2,(H,12,13)(H,15,16)(H,17,18). The summed E-state index contributed by atoms with van der Waals surface area (Å²) >= 11 is 0. The summed E-state index contributed by atoms with van der Waals surface area (Å²) in [6, 6.07) is 7.02. The molecule has 0 amide bonds. The van der Waals surface area contributed by atoms with Crippen molar-refractivity contribution >= 4 is 28.9 Å². The Bertz CT molecular complexity index is 605. The van der Waals surface area contributed by atoms with E-state index < -0.39 is 11.9 Å². The third kappa shape index (κ3) is 2.40. The number of aromatic nitrogens is 2. The van der Waals surface area contributed by atoms with Crippen LogP contribution < -0.4 is 5.32 Å². The van der Waals surface area contributed by atoms with Crippen LogP contribution in [0.2, 0.25) is 0 Å². The zero-order valence-corrected chi connectivity index (χ0v) is 9.33. The average molecular weight is 249 g/mol. The number of fused-ring (bicyclic) bond motifs is 1. The smallest absolute Gasteiger partial charge is 0.323 e. The van der Waals surface area contributed by atoms with E-state index in [0.29, 0.717) is 11.0 Å². The molecule has 0 spiro atoms. The molecule has 0 aliphatic rings. The molecule has 0 bridgehead atoms. The van der Waals surface area contributed by atoms with Crippen molar-refractivity contribution in [2.45, 2.75) is 6.54 Å². The summed E-state index contributed by atoms with van der Waals surface area (Å²) in [5.74, 6) is -1.82. The van der Waals surface area contributed by atoms with Gasteiger partial charge in [0.2, 0.25) is 5.95 Å². The summed E-state index contributed by atoms with van der Waals surface area (Å²) in [5.41, 5.74) is 1.26. The van der Waals surface area contributed by atoms with Crippen LogP contribution in [0.25, 0.3) is 11.0 Å². The number of nitrogens with zero attached hydrogens (tertiary/aromatic N) is 2. The van der Waals surface area contributed by atoms with Crippen molar-refractivity contribution in [1.82, 2.24) is 9.55 Å². The lowest BCUT2D eigenvalue weighted by Gasteiger charge is -2.06. The first-order valence-electron chi connectivity index (χ1n) is 5.20. The lowest BCUT2D eigenvalue weighted by molar-refractivity contribution is -0.137. The van der Waals surface area contributed by atoms with Crippen LogP contribution in [0.4, 0.5) is 5.95 Å². The highest BCUT2D eigenvalue weighted by Crippen LogP contribution is 2.19. The van der Waals surface area contributed by atoms with Gasteiger partial charge in [0.15, 0.2) is 0 Å². The quantitative estimate of drug-likeness (QED) is 0.717. The summed E-state index contributed by atoms with van der Waals surface area (Å²) < 4.78 is 1.43. The van der Waals surface area contributed by atoms with Crippen molar-refractivity contribution in [2.24, 2.45) is 0 Å². The van der Waals surface area contributed by atoms with Gasteiger partial charge in [-0.05, 0) is 12.1 Å². The number of imidazole rings is 1. The number of rotatable bonds is 5. The Morgan fingerprint density at radius 3 is 2.61 bits per heavy atom. The molecule has 0 fully saturated rings. The van der Waals surface area contributed by atoms with E-state index in [0.717, 1.165) is 0 Å². The van der Waals surface area contributed by atoms with Gasteiger partial charge in [-0.25, -0.2) is 4.98 Å². The van der Waals surface area contributed by atoms with Crippen LogP contribution in [0.5, 0.6) is 0 Å². The minimum Gasteiger partial charge on any atom is -0.480 e. The maximum Gasteiger partial charge on any atom is 0.323 e. The van der Waals surface area contributed by atoms with Gasteiger partial charge in [0.25, 0.3) is 0 Å². The van der Waals surface area contributed by atoms with Crippen LogP contribution in [0.15, 0.2) is 24.3 Å². The molecule has 0 atom stereocenters. The number of benzene rings is 1. The van der Waals surface area contributed by atoms with Crippen LogP contribution in [-0.2, 0) is 16.1 Å². The van der Waals surface area contributed by atoms with Crippen LogP contribution in [0.1, 0.15) is 0 Å². The zero-order valence-electron chi connectivity index (χ0n) is 9.33. The summed E-state index contributed by atoms with van der Waals surface area (Å²) in [4.78, 5) is 25.5. The number of para-hydroxylation sites is 2. The highest BCUT2D eigenvalue weighted by atomic mass is 16.4. The molecule has 1 heterocycles. The second kappa shape index (κ2) is 4.74. The Morgan fingerprint density at radius 2 is 1.94 bits per heavy atom. The van der Waals surface area contributed by atoms with Gasteiger partial charge in [-0.3, -0.25) is 14.2 Å². The molecule has 0 saturated heterocycles. The molecular weight excluding hydrogens is 238 g/mol. The van der Waals surface area contributed by atoms with E-state index in [1.807, 2.05) is 0 Å². The highest BCUT2D eigenvalue weighted by molar-refractivity contribution is 5.82. The van der Waals surface area contributed by atoms with Gasteiger partial charge in [-0.2, -0.15) is 0 Å². The molecule has 0 radical (unpaired) electrons. The Labute approximate surface area is 102 Å². The van der Waals surface area contributed by atoms with Gasteiger partial charge in [-0.15, -0.1) is 0 Å². The van der Waals surface area contributed by atoms with Gasteiger partial charge in [0.1, 0.15) is 13.1 Å². The number of hydrogen-bond donors (Lipinski definition) is 3. The monoisotopic (exact) mass is 249 g/mol. The van der Waals surface area contributed by atoms with E-state index in [2.05, 4.69) is 10.3 Å². The van der Waals surface area contributed by atoms with Gasteiger partial charge < -0.3 is 15.5 Å². The van der Waals surface area contributed by atoms with Crippen LogP contribution in [0.3, 0.4) is 0 Å². The van der Waals surface area contributed by atoms with E-state index in [1.54, 1.807) is 24.3 Å². The van der Waals surface area contributed by atoms with Gasteiger partial charge in [-0.1, -0.05) is 12.1 Å². The second-order valence-electron chi connectivity index (χ2n) is 3.65. The van der Waals surface area contributed by atoms with E-state index in [4.69, 9.17) is 10.2 Å². The predicted octanol–water partition coefficient (Wildman–Crippen LogP) is 0.617. The van der Waals surface area contributed by atoms with Crippen LogP contribution in [-0.4, -0.2) is 38.2 Å². The predicted molar refractivity (Wildman–Crippen MR) is 63.5 cm³/mol. The number of carbonyl (C=O) groups is 2. The lowest BCUT2D eigenvalue weighted by Crippen LogP contribution is -2.18. The third-order valence-electron chi connectivity index (χ3n) is 2.35. The molecule has 1 aromatic heterocycles. The van der Waals surface area contributed by atoms with E-state index in [-0.39, 0.29) is 19.0 Å². The maximum atomic E-state index is 10.8. The molecule has 1 aromatic carbocycles. The molecule has 2 aromatic rings. The fourth-order valence-corrected chi connectivity index (χ4v) is 1.66. The fourth-order valence-electron chi connectivity index (χ4n) is 1.66. The highest BCUT2D eigenvalue weighted by Gasteiger charge is 2.13. The fraction of sp³-hybridized carbons (Fsp3) is 0.182. The maximum absolute atomic E-state index is 10.8. The minimum absolute atomic E-state index is 0.237. The topological polar surface area (TPSA) is 104 Å². The summed E-state index contributed by atoms with van der Waals surface area (Å²) in [7, 11) is 0. The summed E-state index contributed by atoms with van der Waals surface area (Å²) in [5, 5.41) is 20.1. The van der Waals surface area contributed by atoms with Crippen molar-refractivity contribution < 1.29 is 19.8 Å². The van der Waals surface area contributed by atoms with E-state index in [1.165, 1.54) is 4.57 Å². The summed E-state index contributed by atoms with van der Waals surface area (Å²) in [6.07, 6.45) is 0. The molecule has 0 saturated carbocycles. The third-order valence-corrected chi connectivity index (χ3v) is 2.35. The minimum atomic E-state index is -1.04. The second-order valence-corrected chi connectivity index (χ2v) is 3.65. The Balaban J connectivity index is 2.42. The number of hydrogen-bond acceptors (Lipinski definition) is 4. The Hall–Kier alpha value is -2.57. The normalized spacial score (nSPS) is 10.4. The largest absolute Gasteiger partial charge is 0.480 e. The first-order valence-corrected chi connectivity index (χ1v) is 5.20.